The van der Waals surface area contributed by atoms with Crippen LogP contribution in [0.5, 0.6) is 0 Å². The summed E-state index contributed by atoms with van der Waals surface area (Å²) in [4.78, 5) is 22.7. The number of alkyl halides is 3. The van der Waals surface area contributed by atoms with Crippen molar-refractivity contribution in [3.05, 3.63) is 42.9 Å². The van der Waals surface area contributed by atoms with Crippen molar-refractivity contribution in [1.82, 2.24) is 9.97 Å². The van der Waals surface area contributed by atoms with E-state index in [-0.39, 0.29) is 0 Å². The van der Waals surface area contributed by atoms with Gasteiger partial charge in [0.25, 0.3) is 5.82 Å². The topological polar surface area (TPSA) is 82.7 Å². The Morgan fingerprint density at radius 1 is 1.18 bits per heavy atom. The average Bonchev–Trinajstić information content (AvgIpc) is 3.00. The van der Waals surface area contributed by atoms with Crippen LogP contribution in [0.2, 0.25) is 0 Å². The van der Waals surface area contributed by atoms with Crippen molar-refractivity contribution in [3.8, 4) is 0 Å². The van der Waals surface area contributed by atoms with E-state index in [1.54, 1.807) is 18.7 Å². The third-order valence-corrected chi connectivity index (χ3v) is 2.53. The van der Waals surface area contributed by atoms with Crippen LogP contribution in [0, 0.1) is 0 Å². The normalized spacial score (nSPS) is 16.4. The Balaban J connectivity index is 0.000000217. The first-order valence-electron chi connectivity index (χ1n) is 5.95. The van der Waals surface area contributed by atoms with Crippen LogP contribution in [0.1, 0.15) is 0 Å². The number of hydrogen-bond acceptors (Lipinski definition) is 5. The van der Waals surface area contributed by atoms with E-state index in [0.717, 1.165) is 21.8 Å². The summed E-state index contributed by atoms with van der Waals surface area (Å²) in [6.45, 7) is 0. The lowest BCUT2D eigenvalue weighted by Gasteiger charge is -2.03. The molecule has 22 heavy (non-hydrogen) atoms. The van der Waals surface area contributed by atoms with Gasteiger partial charge in [-0.1, -0.05) is 12.1 Å². The van der Waals surface area contributed by atoms with Crippen LogP contribution >= 0.6 is 0 Å². The van der Waals surface area contributed by atoms with Gasteiger partial charge in [-0.2, -0.15) is 18.2 Å². The number of quaternary nitrogens is 1. The number of aliphatic imine (C=N–C) groups is 1. The van der Waals surface area contributed by atoms with Gasteiger partial charge >= 0.3 is 6.18 Å². The smallest absolute Gasteiger partial charge is 0.430 e. The second kappa shape index (κ2) is 6.31. The molecular weight excluding hydrogens is 301 g/mol. The summed E-state index contributed by atoms with van der Waals surface area (Å²) in [5, 5.41) is 8.78. The maximum atomic E-state index is 10.5. The second-order valence-electron chi connectivity index (χ2n) is 4.08. The molecule has 0 radical (unpaired) electrons. The highest BCUT2D eigenvalue weighted by Gasteiger charge is 2.28. The number of aliphatic carboxylic acids is 1. The molecule has 6 nitrogen and oxygen atoms in total. The molecule has 0 spiro atoms. The number of carbonyl (C=O) groups excluding carboxylic acids is 1. The van der Waals surface area contributed by atoms with Crippen molar-refractivity contribution in [2.45, 2.75) is 6.18 Å². The van der Waals surface area contributed by atoms with Gasteiger partial charge in [-0.25, -0.2) is 14.9 Å². The van der Waals surface area contributed by atoms with Crippen molar-refractivity contribution in [1.29, 1.82) is 0 Å². The Morgan fingerprint density at radius 3 is 2.36 bits per heavy atom. The number of carboxylic acids is 1. The Kier molecular flexibility index (Phi) is 4.47. The SMILES string of the molecule is C1=C[NH+](c2cnc3ccccc3n2)C=N1.O=C([O-])C(F)(F)F. The van der Waals surface area contributed by atoms with Crippen LogP contribution in [0.15, 0.2) is 47.9 Å². The molecular formula is C13H9F3N4O2. The summed E-state index contributed by atoms with van der Waals surface area (Å²) in [5.74, 6) is -2.14. The van der Waals surface area contributed by atoms with E-state index < -0.39 is 12.1 Å². The molecule has 1 aliphatic heterocycles. The molecule has 0 fully saturated rings. The number of para-hydroxylation sites is 2. The lowest BCUT2D eigenvalue weighted by molar-refractivity contribution is -0.658. The van der Waals surface area contributed by atoms with E-state index in [1.807, 2.05) is 30.5 Å². The molecule has 9 heteroatoms. The first kappa shape index (κ1) is 15.6. The minimum absolute atomic E-state index is 0.867. The van der Waals surface area contributed by atoms with E-state index in [4.69, 9.17) is 9.90 Å². The van der Waals surface area contributed by atoms with E-state index >= 15 is 0 Å². The standard InChI is InChI=1S/C11H8N4.C2HF3O2/c1-2-4-10-9(3-1)13-7-11(14-10)15-6-5-12-8-15;3-2(4,5)1(6)7/h1-8H;(H,6,7). The fourth-order valence-corrected chi connectivity index (χ4v) is 1.54. The monoisotopic (exact) mass is 310 g/mol. The summed E-state index contributed by atoms with van der Waals surface area (Å²) < 4.78 is 31.5. The molecule has 0 saturated heterocycles. The molecule has 2 heterocycles. The van der Waals surface area contributed by atoms with Crippen LogP contribution < -0.4 is 10.0 Å². The van der Waals surface area contributed by atoms with Gasteiger partial charge in [-0.15, -0.1) is 0 Å². The summed E-state index contributed by atoms with van der Waals surface area (Å²) in [7, 11) is 0. The van der Waals surface area contributed by atoms with Gasteiger partial charge in [0.05, 0.1) is 17.2 Å². The number of rotatable bonds is 1. The molecule has 114 valence electrons. The first-order chi connectivity index (χ1) is 10.4. The number of fused-ring (bicyclic) bond motifs is 1. The molecule has 0 aliphatic carbocycles. The fraction of sp³-hybridized carbons (Fsp3) is 0.0769. The summed E-state index contributed by atoms with van der Waals surface area (Å²) >= 11 is 0. The van der Waals surface area contributed by atoms with Gasteiger partial charge in [0, 0.05) is 0 Å². The number of nitrogens with zero attached hydrogens (tertiary/aromatic N) is 3. The highest BCUT2D eigenvalue weighted by molar-refractivity contribution is 5.74. The predicted molar refractivity (Wildman–Crippen MR) is 68.9 cm³/mol. The number of halogens is 3. The number of aromatic nitrogens is 2. The van der Waals surface area contributed by atoms with Gasteiger partial charge in [-0.3, -0.25) is 0 Å². The number of hydrogen-bond donors (Lipinski definition) is 1. The van der Waals surface area contributed by atoms with Gasteiger partial charge < -0.3 is 9.90 Å². The molecule has 1 aromatic carbocycles. The Labute approximate surface area is 122 Å². The molecule has 1 atom stereocenters. The third-order valence-electron chi connectivity index (χ3n) is 2.53. The lowest BCUT2D eigenvalue weighted by Crippen LogP contribution is -3.00. The third kappa shape index (κ3) is 3.85. The zero-order valence-corrected chi connectivity index (χ0v) is 10.9. The van der Waals surface area contributed by atoms with Gasteiger partial charge in [0.1, 0.15) is 18.4 Å². The van der Waals surface area contributed by atoms with Crippen molar-refractivity contribution < 1.29 is 28.0 Å². The van der Waals surface area contributed by atoms with Crippen molar-refractivity contribution in [3.63, 3.8) is 0 Å². The molecule has 1 N–H and O–H groups in total. The van der Waals surface area contributed by atoms with E-state index in [2.05, 4.69) is 15.0 Å². The molecule has 0 bridgehead atoms. The largest absolute Gasteiger partial charge is 0.542 e. The van der Waals surface area contributed by atoms with Crippen LogP contribution in [-0.2, 0) is 4.79 Å². The van der Waals surface area contributed by atoms with E-state index in [9.17, 15) is 13.2 Å². The van der Waals surface area contributed by atoms with Crippen LogP contribution in [0.25, 0.3) is 11.0 Å². The summed E-state index contributed by atoms with van der Waals surface area (Å²) in [6.07, 6.45) is 2.06. The fourth-order valence-electron chi connectivity index (χ4n) is 1.54. The van der Waals surface area contributed by atoms with Crippen LogP contribution in [0.3, 0.4) is 0 Å². The number of nitrogens with one attached hydrogen (secondary N) is 1. The van der Waals surface area contributed by atoms with Crippen molar-refractivity contribution in [2.24, 2.45) is 4.99 Å². The van der Waals surface area contributed by atoms with Crippen molar-refractivity contribution >= 4 is 29.2 Å². The van der Waals surface area contributed by atoms with Gasteiger partial charge in [0.2, 0.25) is 0 Å². The highest BCUT2D eigenvalue weighted by Crippen LogP contribution is 2.11. The number of carboxylic acid groups (broad SMARTS) is 1. The minimum Gasteiger partial charge on any atom is -0.542 e. The average molecular weight is 310 g/mol. The zero-order chi connectivity index (χ0) is 16.2. The highest BCUT2D eigenvalue weighted by atomic mass is 19.4. The van der Waals surface area contributed by atoms with Crippen LogP contribution in [0.4, 0.5) is 19.0 Å². The molecule has 1 unspecified atom stereocenters. The van der Waals surface area contributed by atoms with E-state index in [0.29, 0.717) is 0 Å². The maximum absolute atomic E-state index is 10.5. The lowest BCUT2D eigenvalue weighted by atomic mass is 10.3. The molecule has 1 aromatic heterocycles. The second-order valence-corrected chi connectivity index (χ2v) is 4.08. The Hall–Kier alpha value is -2.81. The molecule has 0 amide bonds. The van der Waals surface area contributed by atoms with Gasteiger partial charge in [0.15, 0.2) is 6.34 Å². The van der Waals surface area contributed by atoms with Crippen molar-refractivity contribution in [2.75, 3.05) is 0 Å². The summed E-state index contributed by atoms with van der Waals surface area (Å²) in [6, 6.07) is 7.84. The summed E-state index contributed by atoms with van der Waals surface area (Å²) in [5.41, 5.74) is 1.83. The zero-order valence-electron chi connectivity index (χ0n) is 10.9. The quantitative estimate of drug-likeness (QED) is 0.801. The van der Waals surface area contributed by atoms with Crippen LogP contribution in [-0.4, -0.2) is 28.5 Å². The minimum atomic E-state index is -5.19. The molecule has 3 rings (SSSR count). The number of benzene rings is 1. The van der Waals surface area contributed by atoms with Gasteiger partial charge in [-0.05, 0) is 12.1 Å². The molecule has 0 saturated carbocycles. The maximum Gasteiger partial charge on any atom is 0.430 e. The Bertz CT molecular complexity index is 731. The number of carbonyl (C=O) groups is 1. The van der Waals surface area contributed by atoms with E-state index in [1.165, 1.54) is 0 Å². The predicted octanol–water partition coefficient (Wildman–Crippen LogP) is -0.0421. The Morgan fingerprint density at radius 2 is 1.82 bits per heavy atom. The molecule has 1 aliphatic rings. The first-order valence-corrected chi connectivity index (χ1v) is 5.95. The molecule has 2 aromatic rings.